The van der Waals surface area contributed by atoms with E-state index in [1.165, 1.54) is 0 Å². The number of aryl methyl sites for hydroxylation is 1. The molecule has 164 valence electrons. The molecule has 8 heteroatoms. The summed E-state index contributed by atoms with van der Waals surface area (Å²) in [6.07, 6.45) is 3.72. The Bertz CT molecular complexity index is 1250. The first-order valence-electron chi connectivity index (χ1n) is 11.0. The summed E-state index contributed by atoms with van der Waals surface area (Å²) in [6, 6.07) is 12.0. The van der Waals surface area contributed by atoms with Gasteiger partial charge >= 0.3 is 0 Å². The molecule has 32 heavy (non-hydrogen) atoms. The van der Waals surface area contributed by atoms with E-state index < -0.39 is 0 Å². The molecule has 3 aromatic rings. The van der Waals surface area contributed by atoms with Crippen molar-refractivity contribution in [2.75, 3.05) is 13.1 Å². The minimum absolute atomic E-state index is 0.00660. The summed E-state index contributed by atoms with van der Waals surface area (Å²) in [5, 5.41) is 14.7. The van der Waals surface area contributed by atoms with Gasteiger partial charge in [0.2, 0.25) is 11.8 Å². The Balaban J connectivity index is 1.32. The number of nitriles is 1. The number of aromatic nitrogens is 3. The quantitative estimate of drug-likeness (QED) is 0.620. The maximum absolute atomic E-state index is 13.3. The highest BCUT2D eigenvalue weighted by Gasteiger charge is 2.48. The Hall–Kier alpha value is -3.60. The molecule has 2 aliphatic heterocycles. The largest absolute Gasteiger partial charge is 0.337 e. The second kappa shape index (κ2) is 7.83. The Morgan fingerprint density at radius 2 is 2.06 bits per heavy atom. The lowest BCUT2D eigenvalue weighted by Gasteiger charge is -2.26. The summed E-state index contributed by atoms with van der Waals surface area (Å²) < 4.78 is 3.77. The predicted octanol–water partition coefficient (Wildman–Crippen LogP) is 2.00. The number of amides is 2. The SMILES string of the molecule is Cc1c(C#N)c2ccccc2n1CC(=O)N1CC[C@H]2[C@@H]1CC(=O)N2CCc1ccnn1C. The lowest BCUT2D eigenvalue weighted by Crippen LogP contribution is -2.41. The first-order valence-corrected chi connectivity index (χ1v) is 11.0. The van der Waals surface area contributed by atoms with Crippen molar-refractivity contribution in [1.82, 2.24) is 24.1 Å². The molecule has 0 saturated carbocycles. The highest BCUT2D eigenvalue weighted by molar-refractivity contribution is 5.90. The van der Waals surface area contributed by atoms with Crippen molar-refractivity contribution in [2.24, 2.45) is 7.05 Å². The van der Waals surface area contributed by atoms with Crippen LogP contribution in [0.25, 0.3) is 10.9 Å². The average molecular weight is 431 g/mol. The number of hydrogen-bond donors (Lipinski definition) is 0. The lowest BCUT2D eigenvalue weighted by molar-refractivity contribution is -0.132. The van der Waals surface area contributed by atoms with Gasteiger partial charge in [0.1, 0.15) is 12.6 Å². The Morgan fingerprint density at radius 1 is 1.25 bits per heavy atom. The summed E-state index contributed by atoms with van der Waals surface area (Å²) in [5.74, 6) is 0.126. The van der Waals surface area contributed by atoms with Crippen molar-refractivity contribution in [3.8, 4) is 6.07 Å². The van der Waals surface area contributed by atoms with E-state index >= 15 is 0 Å². The molecule has 0 N–H and O–H groups in total. The molecule has 0 aliphatic carbocycles. The van der Waals surface area contributed by atoms with E-state index in [4.69, 9.17) is 0 Å². The Labute approximate surface area is 186 Å². The smallest absolute Gasteiger partial charge is 0.242 e. The van der Waals surface area contributed by atoms with Crippen LogP contribution >= 0.6 is 0 Å². The van der Waals surface area contributed by atoms with E-state index in [9.17, 15) is 14.9 Å². The number of likely N-dealkylation sites (tertiary alicyclic amines) is 2. The molecule has 2 aromatic heterocycles. The van der Waals surface area contributed by atoms with Gasteiger partial charge in [0, 0.05) is 55.9 Å². The highest BCUT2D eigenvalue weighted by atomic mass is 16.2. The van der Waals surface area contributed by atoms with Gasteiger partial charge in [-0.2, -0.15) is 10.4 Å². The van der Waals surface area contributed by atoms with Gasteiger partial charge in [-0.1, -0.05) is 18.2 Å². The van der Waals surface area contributed by atoms with E-state index in [1.807, 2.05) is 63.4 Å². The number of nitrogens with zero attached hydrogens (tertiary/aromatic N) is 6. The van der Waals surface area contributed by atoms with Gasteiger partial charge in [-0.05, 0) is 25.5 Å². The van der Waals surface area contributed by atoms with Crippen LogP contribution in [0.15, 0.2) is 36.5 Å². The molecule has 0 spiro atoms. The zero-order chi connectivity index (χ0) is 22.4. The molecule has 0 unspecified atom stereocenters. The van der Waals surface area contributed by atoms with Crippen molar-refractivity contribution in [2.45, 2.75) is 44.8 Å². The molecule has 5 rings (SSSR count). The first-order chi connectivity index (χ1) is 15.5. The van der Waals surface area contributed by atoms with Crippen LogP contribution in [0.5, 0.6) is 0 Å². The van der Waals surface area contributed by atoms with Crippen LogP contribution in [-0.2, 0) is 29.6 Å². The zero-order valence-corrected chi connectivity index (χ0v) is 18.4. The summed E-state index contributed by atoms with van der Waals surface area (Å²) in [6.45, 7) is 3.37. The van der Waals surface area contributed by atoms with Crippen LogP contribution < -0.4 is 0 Å². The van der Waals surface area contributed by atoms with Gasteiger partial charge in [0.15, 0.2) is 0 Å². The number of benzene rings is 1. The fourth-order valence-corrected chi connectivity index (χ4v) is 5.41. The summed E-state index contributed by atoms with van der Waals surface area (Å²) >= 11 is 0. The molecule has 0 bridgehead atoms. The highest BCUT2D eigenvalue weighted by Crippen LogP contribution is 2.33. The van der Waals surface area contributed by atoms with Crippen LogP contribution in [0.4, 0.5) is 0 Å². The van der Waals surface area contributed by atoms with Crippen LogP contribution in [0.2, 0.25) is 0 Å². The van der Waals surface area contributed by atoms with Crippen LogP contribution in [-0.4, -0.2) is 61.1 Å². The number of para-hydroxylation sites is 1. The van der Waals surface area contributed by atoms with Crippen molar-refractivity contribution in [1.29, 1.82) is 5.26 Å². The molecule has 2 aliphatic rings. The third-order valence-corrected chi connectivity index (χ3v) is 7.10. The van der Waals surface area contributed by atoms with Gasteiger partial charge in [0.05, 0.1) is 23.2 Å². The Morgan fingerprint density at radius 3 is 2.81 bits per heavy atom. The molecule has 2 atom stereocenters. The van der Waals surface area contributed by atoms with Crippen molar-refractivity contribution in [3.63, 3.8) is 0 Å². The van der Waals surface area contributed by atoms with E-state index in [-0.39, 0.29) is 30.4 Å². The molecule has 1 aromatic carbocycles. The number of hydrogen-bond acceptors (Lipinski definition) is 4. The molecular formula is C24H26N6O2. The van der Waals surface area contributed by atoms with Crippen LogP contribution in [0.3, 0.4) is 0 Å². The fraction of sp³-hybridized carbons (Fsp3) is 0.417. The maximum atomic E-state index is 13.3. The second-order valence-electron chi connectivity index (χ2n) is 8.67. The molecule has 4 heterocycles. The third-order valence-electron chi connectivity index (χ3n) is 7.10. The fourth-order valence-electron chi connectivity index (χ4n) is 5.41. The zero-order valence-electron chi connectivity index (χ0n) is 18.4. The molecular weight excluding hydrogens is 404 g/mol. The summed E-state index contributed by atoms with van der Waals surface area (Å²) in [4.78, 5) is 29.9. The van der Waals surface area contributed by atoms with Gasteiger partial charge < -0.3 is 14.4 Å². The minimum atomic E-state index is -0.0703. The van der Waals surface area contributed by atoms with Gasteiger partial charge in [0.25, 0.3) is 0 Å². The number of fused-ring (bicyclic) bond motifs is 2. The average Bonchev–Trinajstić information content (AvgIpc) is 3.51. The van der Waals surface area contributed by atoms with Crippen LogP contribution in [0, 0.1) is 18.3 Å². The van der Waals surface area contributed by atoms with E-state index in [0.29, 0.717) is 25.1 Å². The van der Waals surface area contributed by atoms with Crippen molar-refractivity contribution in [3.05, 3.63) is 53.5 Å². The number of carbonyl (C=O) groups excluding carboxylic acids is 2. The first kappa shape index (κ1) is 20.3. The van der Waals surface area contributed by atoms with Crippen LogP contribution in [0.1, 0.15) is 29.8 Å². The summed E-state index contributed by atoms with van der Waals surface area (Å²) in [7, 11) is 1.91. The second-order valence-corrected chi connectivity index (χ2v) is 8.67. The minimum Gasteiger partial charge on any atom is -0.337 e. The van der Waals surface area contributed by atoms with Gasteiger partial charge in [-0.25, -0.2) is 0 Å². The van der Waals surface area contributed by atoms with Gasteiger partial charge in [-0.3, -0.25) is 14.3 Å². The normalized spacial score (nSPS) is 20.2. The molecule has 0 radical (unpaired) electrons. The third kappa shape index (κ3) is 3.16. The monoisotopic (exact) mass is 430 g/mol. The molecule has 2 amide bonds. The maximum Gasteiger partial charge on any atom is 0.242 e. The molecule has 8 nitrogen and oxygen atoms in total. The topological polar surface area (TPSA) is 87.2 Å². The predicted molar refractivity (Wildman–Crippen MR) is 119 cm³/mol. The molecule has 2 saturated heterocycles. The van der Waals surface area contributed by atoms with Gasteiger partial charge in [-0.15, -0.1) is 0 Å². The van der Waals surface area contributed by atoms with Crippen molar-refractivity contribution >= 4 is 22.7 Å². The Kier molecular flexibility index (Phi) is 4.97. The number of rotatable bonds is 5. The van der Waals surface area contributed by atoms with E-state index in [1.54, 1.807) is 6.20 Å². The molecule has 2 fully saturated rings. The number of carbonyl (C=O) groups is 2. The van der Waals surface area contributed by atoms with E-state index in [0.717, 1.165) is 35.1 Å². The van der Waals surface area contributed by atoms with Crippen molar-refractivity contribution < 1.29 is 9.59 Å². The summed E-state index contributed by atoms with van der Waals surface area (Å²) in [5.41, 5.74) is 3.41. The standard InChI is InChI=1S/C24H26N6O2/c1-16-19(14-25)18-5-3-4-6-20(18)30(16)15-24(32)29-12-9-21-22(29)13-23(31)28(21)11-8-17-7-10-26-27(17)2/h3-7,10,21-22H,8-9,11-13,15H2,1-2H3/t21-,22-/m0/s1. The lowest BCUT2D eigenvalue weighted by atomic mass is 10.1. The van der Waals surface area contributed by atoms with E-state index in [2.05, 4.69) is 11.2 Å².